The second-order valence-electron chi connectivity index (χ2n) is 4.20. The molecule has 1 aromatic carbocycles. The van der Waals surface area contributed by atoms with E-state index in [1.165, 1.54) is 24.3 Å². The Morgan fingerprint density at radius 1 is 1.00 bits per heavy atom. The van der Waals surface area contributed by atoms with Crippen LogP contribution in [-0.4, -0.2) is 35.6 Å². The van der Waals surface area contributed by atoms with Crippen LogP contribution in [0, 0.1) is 0 Å². The molecule has 0 bridgehead atoms. The van der Waals surface area contributed by atoms with Crippen molar-refractivity contribution >= 4 is 17.7 Å². The van der Waals surface area contributed by atoms with Crippen molar-refractivity contribution in [1.82, 2.24) is 4.90 Å². The van der Waals surface area contributed by atoms with Gasteiger partial charge in [-0.15, -0.1) is 0 Å². The minimum Gasteiger partial charge on any atom is -0.545 e. The zero-order chi connectivity index (χ0) is 13.1. The Hall–Kier alpha value is -2.17. The van der Waals surface area contributed by atoms with E-state index >= 15 is 0 Å². The van der Waals surface area contributed by atoms with Gasteiger partial charge < -0.3 is 14.8 Å². The summed E-state index contributed by atoms with van der Waals surface area (Å²) in [6.07, 6.45) is 0.783. The molecule has 1 heterocycles. The second kappa shape index (κ2) is 5.00. The van der Waals surface area contributed by atoms with Gasteiger partial charge in [-0.05, 0) is 17.7 Å². The summed E-state index contributed by atoms with van der Waals surface area (Å²) in [5.41, 5.74) is 0.467. The first kappa shape index (κ1) is 12.3. The van der Waals surface area contributed by atoms with E-state index in [4.69, 9.17) is 0 Å². The van der Waals surface area contributed by atoms with Crippen LogP contribution in [0.2, 0.25) is 0 Å². The highest BCUT2D eigenvalue weighted by atomic mass is 16.4. The number of aromatic carboxylic acids is 1. The molecular weight excluding hydrogens is 234 g/mol. The first-order valence-electron chi connectivity index (χ1n) is 5.70. The summed E-state index contributed by atoms with van der Waals surface area (Å²) in [6.45, 7) is 0.861. The van der Waals surface area contributed by atoms with Gasteiger partial charge in [-0.2, -0.15) is 0 Å². The number of Topliss-reactive ketones (excluding diaryl/α,β-unsaturated/α-hetero) is 1. The van der Waals surface area contributed by atoms with Crippen molar-refractivity contribution < 1.29 is 19.5 Å². The Bertz CT molecular complexity index is 482. The summed E-state index contributed by atoms with van der Waals surface area (Å²) in [7, 11) is 0. The summed E-state index contributed by atoms with van der Waals surface area (Å²) in [5.74, 6) is -1.27. The van der Waals surface area contributed by atoms with Crippen LogP contribution in [-0.2, 0) is 4.79 Å². The summed E-state index contributed by atoms with van der Waals surface area (Å²) < 4.78 is 0. The Morgan fingerprint density at radius 3 is 2.00 bits per heavy atom. The fourth-order valence-corrected chi connectivity index (χ4v) is 1.89. The molecule has 1 aliphatic rings. The highest BCUT2D eigenvalue weighted by molar-refractivity contribution is 5.96. The Balaban J connectivity index is 2.09. The second-order valence-corrected chi connectivity index (χ2v) is 4.20. The molecule has 1 saturated heterocycles. The molecule has 1 aliphatic heterocycles. The number of hydrogen-bond acceptors (Lipinski definition) is 4. The number of amides is 1. The fourth-order valence-electron chi connectivity index (χ4n) is 1.89. The number of hydrogen-bond donors (Lipinski definition) is 0. The number of likely N-dealkylation sites (tertiary alicyclic amines) is 1. The maximum Gasteiger partial charge on any atom is 0.253 e. The van der Waals surface area contributed by atoms with E-state index in [9.17, 15) is 19.5 Å². The lowest BCUT2D eigenvalue weighted by Gasteiger charge is -2.26. The highest BCUT2D eigenvalue weighted by Crippen LogP contribution is 2.12. The van der Waals surface area contributed by atoms with Crippen LogP contribution in [0.5, 0.6) is 0 Å². The van der Waals surface area contributed by atoms with Gasteiger partial charge in [0.25, 0.3) is 5.91 Å². The third-order valence-electron chi connectivity index (χ3n) is 2.98. The molecule has 0 saturated carbocycles. The maximum atomic E-state index is 12.0. The molecule has 0 radical (unpaired) electrons. The van der Waals surface area contributed by atoms with Crippen molar-refractivity contribution in [3.05, 3.63) is 35.4 Å². The number of piperidine rings is 1. The Morgan fingerprint density at radius 2 is 1.50 bits per heavy atom. The van der Waals surface area contributed by atoms with Crippen LogP contribution in [0.25, 0.3) is 0 Å². The molecule has 0 N–H and O–H groups in total. The lowest BCUT2D eigenvalue weighted by molar-refractivity contribution is -0.255. The molecule has 5 nitrogen and oxygen atoms in total. The molecule has 1 aromatic rings. The standard InChI is InChI=1S/C13H13NO4/c15-11-5-7-14(8-6-11)12(16)9-1-3-10(4-2-9)13(17)18/h1-4H,5-8H2,(H,17,18)/p-1. The van der Waals surface area contributed by atoms with E-state index in [-0.39, 0.29) is 17.3 Å². The van der Waals surface area contributed by atoms with Gasteiger partial charge in [0.05, 0.1) is 5.97 Å². The van der Waals surface area contributed by atoms with E-state index in [0.717, 1.165) is 0 Å². The van der Waals surface area contributed by atoms with Crippen molar-refractivity contribution in [3.63, 3.8) is 0 Å². The van der Waals surface area contributed by atoms with E-state index in [1.807, 2.05) is 0 Å². The SMILES string of the molecule is O=C1CCN(C(=O)c2ccc(C(=O)[O-])cc2)CC1. The van der Waals surface area contributed by atoms with Crippen LogP contribution in [0.15, 0.2) is 24.3 Å². The van der Waals surface area contributed by atoms with Crippen LogP contribution >= 0.6 is 0 Å². The summed E-state index contributed by atoms with van der Waals surface area (Å²) in [5, 5.41) is 10.6. The topological polar surface area (TPSA) is 77.5 Å². The van der Waals surface area contributed by atoms with E-state index in [2.05, 4.69) is 0 Å². The summed E-state index contributed by atoms with van der Waals surface area (Å²) >= 11 is 0. The van der Waals surface area contributed by atoms with Crippen LogP contribution < -0.4 is 5.11 Å². The van der Waals surface area contributed by atoms with Gasteiger partial charge in [0, 0.05) is 31.5 Å². The summed E-state index contributed by atoms with van der Waals surface area (Å²) in [4.78, 5) is 35.3. The molecule has 18 heavy (non-hydrogen) atoms. The minimum absolute atomic E-state index is 0.0420. The molecule has 0 aliphatic carbocycles. The van der Waals surface area contributed by atoms with Crippen molar-refractivity contribution in [2.24, 2.45) is 0 Å². The average Bonchev–Trinajstić information content (AvgIpc) is 2.39. The summed E-state index contributed by atoms with van der Waals surface area (Å²) in [6, 6.07) is 5.61. The first-order valence-corrected chi connectivity index (χ1v) is 5.70. The molecule has 0 atom stereocenters. The predicted molar refractivity (Wildman–Crippen MR) is 60.9 cm³/mol. The smallest absolute Gasteiger partial charge is 0.253 e. The van der Waals surface area contributed by atoms with Crippen LogP contribution in [0.4, 0.5) is 0 Å². The van der Waals surface area contributed by atoms with Gasteiger partial charge in [0.1, 0.15) is 5.78 Å². The monoisotopic (exact) mass is 246 g/mol. The Kier molecular flexibility index (Phi) is 3.41. The number of carboxylic acids is 1. The van der Waals surface area contributed by atoms with Crippen LogP contribution in [0.3, 0.4) is 0 Å². The zero-order valence-corrected chi connectivity index (χ0v) is 9.72. The van der Waals surface area contributed by atoms with Gasteiger partial charge in [-0.1, -0.05) is 12.1 Å². The lowest BCUT2D eigenvalue weighted by Crippen LogP contribution is -2.38. The van der Waals surface area contributed by atoms with Gasteiger partial charge in [0.15, 0.2) is 0 Å². The van der Waals surface area contributed by atoms with Crippen molar-refractivity contribution in [1.29, 1.82) is 0 Å². The third-order valence-corrected chi connectivity index (χ3v) is 2.98. The quantitative estimate of drug-likeness (QED) is 0.727. The lowest BCUT2D eigenvalue weighted by atomic mass is 10.1. The van der Waals surface area contributed by atoms with Gasteiger partial charge >= 0.3 is 0 Å². The average molecular weight is 246 g/mol. The molecule has 1 fully saturated rings. The van der Waals surface area contributed by atoms with Gasteiger partial charge in [-0.25, -0.2) is 0 Å². The molecule has 0 spiro atoms. The van der Waals surface area contributed by atoms with Gasteiger partial charge in [-0.3, -0.25) is 9.59 Å². The molecular formula is C13H12NO4-. The third kappa shape index (κ3) is 2.56. The number of carbonyl (C=O) groups excluding carboxylic acids is 3. The van der Waals surface area contributed by atoms with Crippen molar-refractivity contribution in [2.45, 2.75) is 12.8 Å². The number of rotatable bonds is 2. The number of benzene rings is 1. The number of nitrogens with zero attached hydrogens (tertiary/aromatic N) is 1. The molecule has 0 unspecified atom stereocenters. The number of ketones is 1. The van der Waals surface area contributed by atoms with Crippen LogP contribution in [0.1, 0.15) is 33.6 Å². The molecule has 2 rings (SSSR count). The first-order chi connectivity index (χ1) is 8.58. The molecule has 5 heteroatoms. The minimum atomic E-state index is -1.27. The molecule has 0 aromatic heterocycles. The van der Waals surface area contributed by atoms with E-state index in [0.29, 0.717) is 31.5 Å². The molecule has 1 amide bonds. The van der Waals surface area contributed by atoms with Crippen molar-refractivity contribution in [3.8, 4) is 0 Å². The fraction of sp³-hybridized carbons (Fsp3) is 0.308. The number of carbonyl (C=O) groups is 3. The predicted octanol–water partition coefficient (Wildman–Crippen LogP) is -0.145. The van der Waals surface area contributed by atoms with E-state index in [1.54, 1.807) is 4.90 Å². The van der Waals surface area contributed by atoms with Gasteiger partial charge in [0.2, 0.25) is 0 Å². The van der Waals surface area contributed by atoms with Crippen molar-refractivity contribution in [2.75, 3.05) is 13.1 Å². The highest BCUT2D eigenvalue weighted by Gasteiger charge is 2.21. The zero-order valence-electron chi connectivity index (χ0n) is 9.72. The molecule has 94 valence electrons. The maximum absolute atomic E-state index is 12.0. The normalized spacial score (nSPS) is 15.6. The Labute approximate surface area is 104 Å². The number of carboxylic acid groups (broad SMARTS) is 1. The van der Waals surface area contributed by atoms with E-state index < -0.39 is 5.97 Å². The largest absolute Gasteiger partial charge is 0.545 e.